The van der Waals surface area contributed by atoms with Crippen LogP contribution in [0.25, 0.3) is 0 Å². The molecule has 8 heavy (non-hydrogen) atoms. The molecule has 0 saturated heterocycles. The van der Waals surface area contributed by atoms with Gasteiger partial charge in [-0.25, -0.2) is 4.79 Å². The topological polar surface area (TPSA) is 58.9 Å². The smallest absolute Gasteiger partial charge is 0.430 e. The summed E-state index contributed by atoms with van der Waals surface area (Å²) in [5, 5.41) is 7.89. The molecular formula is C4H7NO3. The zero-order valence-electron chi connectivity index (χ0n) is 4.50. The number of rotatable bonds is 2. The van der Waals surface area contributed by atoms with E-state index in [9.17, 15) is 4.79 Å². The number of ether oxygens (including phenoxy) is 1. The molecule has 0 heterocycles. The minimum absolute atomic E-state index is 0.242. The van der Waals surface area contributed by atoms with Crippen molar-refractivity contribution >= 4 is 12.3 Å². The van der Waals surface area contributed by atoms with Crippen LogP contribution in [0.3, 0.4) is 0 Å². The summed E-state index contributed by atoms with van der Waals surface area (Å²) in [5.41, 5.74) is 0. The van der Waals surface area contributed by atoms with Gasteiger partial charge in [0.25, 0.3) is 0 Å². The molecule has 0 bridgehead atoms. The Labute approximate surface area is 46.8 Å². The third kappa shape index (κ3) is 5.10. The molecule has 0 aliphatic carbocycles. The Morgan fingerprint density at radius 1 is 2.00 bits per heavy atom. The summed E-state index contributed by atoms with van der Waals surface area (Å²) in [6, 6.07) is 0. The number of hydrogen-bond acceptors (Lipinski definition) is 2. The van der Waals surface area contributed by atoms with E-state index in [1.54, 1.807) is 0 Å². The van der Waals surface area contributed by atoms with Crippen LogP contribution in [0, 0.1) is 0 Å². The van der Waals surface area contributed by atoms with Gasteiger partial charge in [0.2, 0.25) is 0 Å². The van der Waals surface area contributed by atoms with E-state index in [2.05, 4.69) is 9.73 Å². The molecule has 0 saturated carbocycles. The number of hydrogen-bond donors (Lipinski definition) is 1. The molecule has 1 N–H and O–H groups in total. The van der Waals surface area contributed by atoms with Crippen molar-refractivity contribution in [2.24, 2.45) is 4.99 Å². The van der Waals surface area contributed by atoms with Crippen LogP contribution in [-0.4, -0.2) is 31.1 Å². The maximum atomic E-state index is 9.62. The minimum atomic E-state index is -1.19. The van der Waals surface area contributed by atoms with E-state index >= 15 is 0 Å². The molecule has 0 aromatic heterocycles. The molecular weight excluding hydrogens is 110 g/mol. The highest BCUT2D eigenvalue weighted by atomic mass is 16.5. The van der Waals surface area contributed by atoms with Crippen LogP contribution in [0.2, 0.25) is 0 Å². The van der Waals surface area contributed by atoms with Crippen molar-refractivity contribution in [2.45, 2.75) is 0 Å². The lowest BCUT2D eigenvalue weighted by Crippen LogP contribution is -1.92. The fourth-order valence-corrected chi connectivity index (χ4v) is 0.190. The van der Waals surface area contributed by atoms with Crippen molar-refractivity contribution < 1.29 is 14.6 Å². The van der Waals surface area contributed by atoms with Gasteiger partial charge in [0, 0.05) is 13.3 Å². The summed E-state index contributed by atoms with van der Waals surface area (Å²) < 4.78 is 4.48. The van der Waals surface area contributed by atoms with E-state index in [4.69, 9.17) is 5.11 Å². The summed E-state index contributed by atoms with van der Waals surface area (Å²) >= 11 is 0. The van der Waals surface area contributed by atoms with E-state index in [1.807, 2.05) is 0 Å². The molecule has 0 aromatic rings. The summed E-state index contributed by atoms with van der Waals surface area (Å²) in [6.07, 6.45) is -0.00968. The first-order valence-electron chi connectivity index (χ1n) is 2.01. The highest BCUT2D eigenvalue weighted by molar-refractivity contribution is 5.78. The van der Waals surface area contributed by atoms with Gasteiger partial charge in [0.1, 0.15) is 0 Å². The molecule has 4 nitrogen and oxygen atoms in total. The van der Waals surface area contributed by atoms with Crippen LogP contribution in [0.1, 0.15) is 0 Å². The Kier molecular flexibility index (Phi) is 3.78. The van der Waals surface area contributed by atoms with Gasteiger partial charge in [-0.2, -0.15) is 4.99 Å². The molecule has 0 rings (SSSR count). The maximum absolute atomic E-state index is 9.62. The third-order valence-electron chi connectivity index (χ3n) is 0.443. The van der Waals surface area contributed by atoms with E-state index in [0.29, 0.717) is 0 Å². The van der Waals surface area contributed by atoms with Crippen LogP contribution in [0.4, 0.5) is 4.79 Å². The molecule has 0 radical (unpaired) electrons. The van der Waals surface area contributed by atoms with Gasteiger partial charge in [-0.3, -0.25) is 0 Å². The first-order valence-corrected chi connectivity index (χ1v) is 2.01. The Bertz CT molecular complexity index is 99.5. The van der Waals surface area contributed by atoms with Gasteiger partial charge in [-0.05, 0) is 0 Å². The average Bonchev–Trinajstić information content (AvgIpc) is 1.66. The second-order valence-corrected chi connectivity index (χ2v) is 1.05. The number of carbonyl (C=O) groups is 1. The standard InChI is InChI=1S/C4H7NO3/c1-8-3-2-5-4(6)7/h2H,3H2,1H3,(H,6,7). The highest BCUT2D eigenvalue weighted by Crippen LogP contribution is 1.67. The van der Waals surface area contributed by atoms with Crippen molar-refractivity contribution in [3.05, 3.63) is 0 Å². The van der Waals surface area contributed by atoms with E-state index in [1.165, 1.54) is 13.3 Å². The fourth-order valence-electron chi connectivity index (χ4n) is 0.190. The molecule has 0 atom stereocenters. The third-order valence-corrected chi connectivity index (χ3v) is 0.443. The first kappa shape index (κ1) is 7.10. The Morgan fingerprint density at radius 2 is 2.62 bits per heavy atom. The number of aliphatic imine (C=N–C) groups is 1. The van der Waals surface area contributed by atoms with Crippen molar-refractivity contribution in [3.63, 3.8) is 0 Å². The molecule has 0 unspecified atom stereocenters. The van der Waals surface area contributed by atoms with Gasteiger partial charge in [0.15, 0.2) is 0 Å². The molecule has 0 aromatic carbocycles. The van der Waals surface area contributed by atoms with E-state index in [-0.39, 0.29) is 6.61 Å². The Hall–Kier alpha value is -0.900. The molecule has 46 valence electrons. The van der Waals surface area contributed by atoms with Crippen LogP contribution < -0.4 is 0 Å². The van der Waals surface area contributed by atoms with Crippen molar-refractivity contribution in [2.75, 3.05) is 13.7 Å². The number of methoxy groups -OCH3 is 1. The van der Waals surface area contributed by atoms with Gasteiger partial charge in [0.05, 0.1) is 6.61 Å². The van der Waals surface area contributed by atoms with E-state index in [0.717, 1.165) is 0 Å². The summed E-state index contributed by atoms with van der Waals surface area (Å²) in [7, 11) is 1.47. The maximum Gasteiger partial charge on any atom is 0.430 e. The van der Waals surface area contributed by atoms with Crippen LogP contribution >= 0.6 is 0 Å². The largest absolute Gasteiger partial charge is 0.463 e. The molecule has 0 aliphatic heterocycles. The van der Waals surface area contributed by atoms with Gasteiger partial charge in [-0.1, -0.05) is 0 Å². The summed E-state index contributed by atoms with van der Waals surface area (Å²) in [4.78, 5) is 12.6. The first-order chi connectivity index (χ1) is 3.77. The zero-order chi connectivity index (χ0) is 6.41. The van der Waals surface area contributed by atoms with Crippen molar-refractivity contribution in [1.29, 1.82) is 0 Å². The lowest BCUT2D eigenvalue weighted by Gasteiger charge is -1.82. The predicted octanol–water partition coefficient (Wildman–Crippen LogP) is 0.382. The minimum Gasteiger partial charge on any atom is -0.463 e. The van der Waals surface area contributed by atoms with Crippen LogP contribution in [-0.2, 0) is 4.74 Å². The van der Waals surface area contributed by atoms with Crippen LogP contribution in [0.5, 0.6) is 0 Å². The lowest BCUT2D eigenvalue weighted by atomic mass is 10.8. The number of carboxylic acid groups (broad SMARTS) is 1. The normalized spacial score (nSPS) is 10.1. The molecule has 0 aliphatic rings. The average molecular weight is 117 g/mol. The van der Waals surface area contributed by atoms with E-state index < -0.39 is 6.09 Å². The highest BCUT2D eigenvalue weighted by Gasteiger charge is 1.82. The molecule has 0 fully saturated rings. The summed E-state index contributed by atoms with van der Waals surface area (Å²) in [6.45, 7) is 0.242. The Balaban J connectivity index is 3.20. The SMILES string of the molecule is COCC=NC(=O)O. The van der Waals surface area contributed by atoms with Gasteiger partial charge < -0.3 is 9.84 Å². The monoisotopic (exact) mass is 117 g/mol. The van der Waals surface area contributed by atoms with Crippen molar-refractivity contribution in [1.82, 2.24) is 0 Å². The second kappa shape index (κ2) is 4.26. The second-order valence-electron chi connectivity index (χ2n) is 1.05. The van der Waals surface area contributed by atoms with Crippen molar-refractivity contribution in [3.8, 4) is 0 Å². The van der Waals surface area contributed by atoms with Gasteiger partial charge in [-0.15, -0.1) is 0 Å². The molecule has 4 heteroatoms. The van der Waals surface area contributed by atoms with Gasteiger partial charge >= 0.3 is 6.09 Å². The fraction of sp³-hybridized carbons (Fsp3) is 0.500. The zero-order valence-corrected chi connectivity index (χ0v) is 4.50. The lowest BCUT2D eigenvalue weighted by molar-refractivity contribution is 0.205. The predicted molar refractivity (Wildman–Crippen MR) is 28.4 cm³/mol. The molecule has 0 spiro atoms. The Morgan fingerprint density at radius 3 is 3.00 bits per heavy atom. The number of nitrogens with zero attached hydrogens (tertiary/aromatic N) is 1. The quantitative estimate of drug-likeness (QED) is 0.532. The summed E-state index contributed by atoms with van der Waals surface area (Å²) in [5.74, 6) is 0. The molecule has 1 amide bonds. The number of amides is 1. The van der Waals surface area contributed by atoms with Crippen LogP contribution in [0.15, 0.2) is 4.99 Å².